The molecule has 0 aliphatic rings. The van der Waals surface area contributed by atoms with E-state index in [0.717, 1.165) is 5.75 Å². The van der Waals surface area contributed by atoms with Crippen LogP contribution >= 0.6 is 7.92 Å². The second kappa shape index (κ2) is 9.93. The summed E-state index contributed by atoms with van der Waals surface area (Å²) in [6, 6.07) is 7.89. The van der Waals surface area contributed by atoms with Gasteiger partial charge in [0.2, 0.25) is 0 Å². The molecule has 18 heavy (non-hydrogen) atoms. The summed E-state index contributed by atoms with van der Waals surface area (Å²) >= 11 is 0. The Morgan fingerprint density at radius 3 is 2.72 bits per heavy atom. The molecule has 0 radical (unpaired) electrons. The second-order valence-corrected chi connectivity index (χ2v) is 4.08. The Hall–Kier alpha value is -1.05. The van der Waals surface area contributed by atoms with Gasteiger partial charge in [-0.15, -0.1) is 0 Å². The van der Waals surface area contributed by atoms with Crippen molar-refractivity contribution in [3.05, 3.63) is 29.8 Å². The first-order chi connectivity index (χ1) is 8.83. The van der Waals surface area contributed by atoms with Gasteiger partial charge in [-0.05, 0) is 6.92 Å². The van der Waals surface area contributed by atoms with Crippen molar-refractivity contribution >= 4 is 7.92 Å². The Morgan fingerprint density at radius 1 is 1.17 bits per heavy atom. The third-order valence-corrected chi connectivity index (χ3v) is 2.35. The van der Waals surface area contributed by atoms with Gasteiger partial charge < -0.3 is 0 Å². The first-order valence-electron chi connectivity index (χ1n) is 5.73. The topological polar surface area (TPSA) is 44.8 Å². The van der Waals surface area contributed by atoms with E-state index < -0.39 is 0 Å². The summed E-state index contributed by atoms with van der Waals surface area (Å²) in [5.74, 6) is 0.855. The molecule has 1 rings (SSSR count). The van der Waals surface area contributed by atoms with E-state index in [2.05, 4.69) is 5.63 Å². The fourth-order valence-corrected chi connectivity index (χ4v) is 1.43. The van der Waals surface area contributed by atoms with E-state index in [9.17, 15) is 4.57 Å². The van der Waals surface area contributed by atoms with Gasteiger partial charge in [-0.25, -0.2) is 0 Å². The number of hydrogen-bond acceptors (Lipinski definition) is 4. The standard InChI is InChI=1S/C13H17O4P/c1-12-3-2-4-13(11-12)17-8-7-15-5-6-16-9-10-18-14/h2-4,11H,5-9H2,1H3. The Labute approximate surface area is 108 Å². The molecule has 5 heteroatoms. The van der Waals surface area contributed by atoms with E-state index >= 15 is 0 Å². The van der Waals surface area contributed by atoms with Gasteiger partial charge in [0.05, 0.1) is 0 Å². The fourth-order valence-electron chi connectivity index (χ4n) is 1.29. The second-order valence-electron chi connectivity index (χ2n) is 3.58. The molecule has 4 nitrogen and oxygen atoms in total. The van der Waals surface area contributed by atoms with Crippen LogP contribution in [0.4, 0.5) is 0 Å². The van der Waals surface area contributed by atoms with Crippen LogP contribution in [0.1, 0.15) is 5.56 Å². The maximum absolute atomic E-state index is 10.00. The number of hydrogen-bond donors (Lipinski definition) is 0. The number of aryl methyl sites for hydroxylation is 1. The minimum absolute atomic E-state index is 0.123. The van der Waals surface area contributed by atoms with Crippen molar-refractivity contribution in [1.82, 2.24) is 0 Å². The van der Waals surface area contributed by atoms with Crippen LogP contribution in [0, 0.1) is 12.6 Å². The van der Waals surface area contributed by atoms with Gasteiger partial charge >= 0.3 is 94.9 Å². The minimum atomic E-state index is -0.123. The van der Waals surface area contributed by atoms with Crippen LogP contribution in [0.15, 0.2) is 24.3 Å². The zero-order valence-corrected chi connectivity index (χ0v) is 11.3. The van der Waals surface area contributed by atoms with E-state index in [1.807, 2.05) is 31.2 Å². The molecule has 0 saturated heterocycles. The van der Waals surface area contributed by atoms with Gasteiger partial charge in [0, 0.05) is 0 Å². The summed E-state index contributed by atoms with van der Waals surface area (Å²) in [5, 5.41) is 0. The van der Waals surface area contributed by atoms with Gasteiger partial charge in [-0.3, -0.25) is 0 Å². The summed E-state index contributed by atoms with van der Waals surface area (Å²) in [7, 11) is -0.123. The third kappa shape index (κ3) is 7.31. The maximum atomic E-state index is 10.00. The molecule has 0 spiro atoms. The SMILES string of the molecule is Cc1cccc(OCCOCCOCC#P=O)c1. The van der Waals surface area contributed by atoms with E-state index in [1.165, 1.54) is 5.56 Å². The molecule has 1 aromatic rings. The van der Waals surface area contributed by atoms with Crippen LogP contribution < -0.4 is 4.74 Å². The van der Waals surface area contributed by atoms with Crippen molar-refractivity contribution in [1.29, 1.82) is 0 Å². The number of rotatable bonds is 8. The molecule has 0 saturated carbocycles. The van der Waals surface area contributed by atoms with Crippen molar-refractivity contribution in [3.63, 3.8) is 0 Å². The fraction of sp³-hybridized carbons (Fsp3) is 0.462. The quantitative estimate of drug-likeness (QED) is 0.537. The van der Waals surface area contributed by atoms with Crippen LogP contribution in [0.2, 0.25) is 0 Å². The van der Waals surface area contributed by atoms with Crippen LogP contribution in [-0.4, -0.2) is 33.0 Å². The van der Waals surface area contributed by atoms with E-state index in [0.29, 0.717) is 26.4 Å². The van der Waals surface area contributed by atoms with Crippen molar-refractivity contribution < 1.29 is 18.8 Å². The monoisotopic (exact) mass is 268 g/mol. The van der Waals surface area contributed by atoms with Crippen molar-refractivity contribution in [2.45, 2.75) is 6.92 Å². The number of benzene rings is 1. The van der Waals surface area contributed by atoms with Gasteiger partial charge in [-0.2, -0.15) is 0 Å². The first-order valence-corrected chi connectivity index (χ1v) is 6.54. The molecule has 98 valence electrons. The van der Waals surface area contributed by atoms with Gasteiger partial charge in [0.25, 0.3) is 0 Å². The molecule has 0 fully saturated rings. The van der Waals surface area contributed by atoms with Gasteiger partial charge in [0.15, 0.2) is 0 Å². The molecule has 0 aromatic heterocycles. The Bertz CT molecular complexity index is 441. The van der Waals surface area contributed by atoms with Gasteiger partial charge in [0.1, 0.15) is 0 Å². The molecule has 0 N–H and O–H groups in total. The molecule has 1 aromatic carbocycles. The molecular formula is C13H17O4P. The predicted molar refractivity (Wildman–Crippen MR) is 69.8 cm³/mol. The molecule has 0 heterocycles. The van der Waals surface area contributed by atoms with Crippen LogP contribution in [0.5, 0.6) is 5.75 Å². The number of ether oxygens (including phenoxy) is 3. The summed E-state index contributed by atoms with van der Waals surface area (Å²) in [4.78, 5) is 0. The predicted octanol–water partition coefficient (Wildman–Crippen LogP) is 2.66. The Morgan fingerprint density at radius 2 is 1.94 bits per heavy atom. The Kier molecular flexibility index (Phi) is 8.28. The van der Waals surface area contributed by atoms with Crippen LogP contribution in [0.3, 0.4) is 0 Å². The molecule has 0 aliphatic heterocycles. The molecule has 0 atom stereocenters. The van der Waals surface area contributed by atoms with Crippen molar-refractivity contribution in [2.75, 3.05) is 33.0 Å². The summed E-state index contributed by atoms with van der Waals surface area (Å²) in [6.45, 7) is 4.28. The van der Waals surface area contributed by atoms with E-state index in [-0.39, 0.29) is 14.5 Å². The Balaban J connectivity index is 1.98. The zero-order chi connectivity index (χ0) is 13.1. The first kappa shape index (κ1) is 15.0. The third-order valence-electron chi connectivity index (χ3n) is 2.09. The normalized spacial score (nSPS) is 9.83. The summed E-state index contributed by atoms with van der Waals surface area (Å²) in [6.07, 6.45) is 0. The van der Waals surface area contributed by atoms with Crippen molar-refractivity contribution in [2.24, 2.45) is 0 Å². The van der Waals surface area contributed by atoms with E-state index in [4.69, 9.17) is 14.2 Å². The molecule has 0 aliphatic carbocycles. The summed E-state index contributed by atoms with van der Waals surface area (Å²) in [5.41, 5.74) is 3.66. The van der Waals surface area contributed by atoms with Crippen LogP contribution in [-0.2, 0) is 14.0 Å². The van der Waals surface area contributed by atoms with Crippen LogP contribution in [0.25, 0.3) is 0 Å². The average Bonchev–Trinajstić information content (AvgIpc) is 2.37. The molecule has 0 amide bonds. The van der Waals surface area contributed by atoms with Gasteiger partial charge in [-0.1, -0.05) is 6.07 Å². The van der Waals surface area contributed by atoms with E-state index in [1.54, 1.807) is 0 Å². The average molecular weight is 268 g/mol. The molecule has 0 bridgehead atoms. The summed E-state index contributed by atoms with van der Waals surface area (Å²) < 4.78 is 25.9. The molecular weight excluding hydrogens is 251 g/mol. The zero-order valence-electron chi connectivity index (χ0n) is 10.4. The van der Waals surface area contributed by atoms with Crippen molar-refractivity contribution in [3.8, 4) is 11.4 Å². The molecule has 0 unspecified atom stereocenters.